The second-order valence-corrected chi connectivity index (χ2v) is 6.86. The van der Waals surface area contributed by atoms with Gasteiger partial charge in [-0.05, 0) is 30.5 Å². The van der Waals surface area contributed by atoms with Gasteiger partial charge in [0.25, 0.3) is 5.91 Å². The fourth-order valence-corrected chi connectivity index (χ4v) is 3.36. The Morgan fingerprint density at radius 3 is 2.88 bits per heavy atom. The smallest absolute Gasteiger partial charge is 0.291 e. The molecule has 3 heterocycles. The number of nitrogens with zero attached hydrogens (tertiary/aromatic N) is 3. The molecule has 0 N–H and O–H groups in total. The first-order chi connectivity index (χ1) is 12.7. The third kappa shape index (κ3) is 3.65. The molecule has 0 bridgehead atoms. The molecule has 2 aromatic heterocycles. The highest BCUT2D eigenvalue weighted by Gasteiger charge is 2.29. The van der Waals surface area contributed by atoms with E-state index in [0.717, 1.165) is 24.2 Å². The van der Waals surface area contributed by atoms with Crippen molar-refractivity contribution in [2.75, 3.05) is 13.1 Å². The Hall–Kier alpha value is -2.60. The van der Waals surface area contributed by atoms with Crippen molar-refractivity contribution in [3.05, 3.63) is 71.1 Å². The van der Waals surface area contributed by atoms with Crippen molar-refractivity contribution < 1.29 is 13.6 Å². The Kier molecular flexibility index (Phi) is 4.75. The van der Waals surface area contributed by atoms with E-state index in [1.807, 2.05) is 24.3 Å². The van der Waals surface area contributed by atoms with Crippen molar-refractivity contribution in [2.45, 2.75) is 25.2 Å². The fraction of sp³-hybridized carbons (Fsp3) is 0.316. The molecule has 4 rings (SSSR count). The Balaban J connectivity index is 1.43. The van der Waals surface area contributed by atoms with Crippen molar-refractivity contribution in [3.8, 4) is 0 Å². The predicted molar refractivity (Wildman–Crippen MR) is 95.1 cm³/mol. The molecule has 0 saturated carbocycles. The molecule has 0 spiro atoms. The minimum Gasteiger partial charge on any atom is -0.445 e. The number of amides is 1. The Bertz CT molecular complexity index is 874. The number of oxazole rings is 2. The van der Waals surface area contributed by atoms with E-state index in [1.54, 1.807) is 11.1 Å². The van der Waals surface area contributed by atoms with Gasteiger partial charge in [-0.15, -0.1) is 0 Å². The number of piperidine rings is 1. The maximum absolute atomic E-state index is 12.4. The quantitative estimate of drug-likeness (QED) is 0.694. The highest BCUT2D eigenvalue weighted by atomic mass is 35.5. The van der Waals surface area contributed by atoms with Crippen LogP contribution in [0.25, 0.3) is 0 Å². The van der Waals surface area contributed by atoms with Crippen molar-refractivity contribution in [1.29, 1.82) is 0 Å². The molecule has 0 radical (unpaired) electrons. The molecule has 1 aliphatic heterocycles. The van der Waals surface area contributed by atoms with E-state index in [9.17, 15) is 4.79 Å². The average Bonchev–Trinajstić information content (AvgIpc) is 3.35. The first kappa shape index (κ1) is 16.8. The summed E-state index contributed by atoms with van der Waals surface area (Å²) in [5.41, 5.74) is 1.11. The summed E-state index contributed by atoms with van der Waals surface area (Å²) in [6, 6.07) is 7.68. The standard InChI is InChI=1S/C19H18ClN3O3/c20-15-5-3-13(4-6-15)8-16-9-22-18(26-16)14-2-1-7-23(11-14)19(24)17-10-21-12-25-17/h3-6,9-10,12,14H,1-2,7-8,11H2/t14-/m1/s1. The van der Waals surface area contributed by atoms with E-state index in [4.69, 9.17) is 20.4 Å². The summed E-state index contributed by atoms with van der Waals surface area (Å²) in [4.78, 5) is 22.5. The SMILES string of the molecule is O=C(c1cnco1)N1CCC[C@@H](c2ncc(Cc3ccc(Cl)cc3)o2)C1. The third-order valence-electron chi connectivity index (χ3n) is 4.56. The lowest BCUT2D eigenvalue weighted by atomic mass is 9.98. The summed E-state index contributed by atoms with van der Waals surface area (Å²) in [6.07, 6.45) is 6.99. The normalized spacial score (nSPS) is 17.4. The second kappa shape index (κ2) is 7.33. The van der Waals surface area contributed by atoms with Crippen LogP contribution in [0.3, 0.4) is 0 Å². The highest BCUT2D eigenvalue weighted by Crippen LogP contribution is 2.28. The lowest BCUT2D eigenvalue weighted by Crippen LogP contribution is -2.39. The van der Waals surface area contributed by atoms with Crippen molar-refractivity contribution in [3.63, 3.8) is 0 Å². The summed E-state index contributed by atoms with van der Waals surface area (Å²) < 4.78 is 11.1. The van der Waals surface area contributed by atoms with Gasteiger partial charge in [0.1, 0.15) is 5.76 Å². The van der Waals surface area contributed by atoms with E-state index in [2.05, 4.69) is 9.97 Å². The van der Waals surface area contributed by atoms with Gasteiger partial charge in [0, 0.05) is 24.5 Å². The van der Waals surface area contributed by atoms with Crippen LogP contribution in [0.15, 0.2) is 51.9 Å². The monoisotopic (exact) mass is 371 g/mol. The van der Waals surface area contributed by atoms with Crippen LogP contribution in [0.2, 0.25) is 5.02 Å². The average molecular weight is 372 g/mol. The van der Waals surface area contributed by atoms with E-state index < -0.39 is 0 Å². The van der Waals surface area contributed by atoms with E-state index in [-0.39, 0.29) is 17.6 Å². The van der Waals surface area contributed by atoms with Gasteiger partial charge < -0.3 is 13.7 Å². The summed E-state index contributed by atoms with van der Waals surface area (Å²) in [5, 5.41) is 0.714. The van der Waals surface area contributed by atoms with Gasteiger partial charge in [0.2, 0.25) is 5.76 Å². The Labute approximate surface area is 155 Å². The molecule has 0 aliphatic carbocycles. The molecule has 134 valence electrons. The molecular formula is C19H18ClN3O3. The van der Waals surface area contributed by atoms with Crippen LogP contribution in [0, 0.1) is 0 Å². The minimum atomic E-state index is -0.139. The number of rotatable bonds is 4. The number of halogens is 1. The number of hydrogen-bond donors (Lipinski definition) is 0. The number of carbonyl (C=O) groups excluding carboxylic acids is 1. The zero-order valence-electron chi connectivity index (χ0n) is 14.1. The van der Waals surface area contributed by atoms with Gasteiger partial charge in [-0.2, -0.15) is 0 Å². The van der Waals surface area contributed by atoms with Gasteiger partial charge in [0.05, 0.1) is 18.3 Å². The van der Waals surface area contributed by atoms with Gasteiger partial charge >= 0.3 is 0 Å². The summed E-state index contributed by atoms with van der Waals surface area (Å²) in [6.45, 7) is 1.27. The van der Waals surface area contributed by atoms with Gasteiger partial charge in [0.15, 0.2) is 12.3 Å². The first-order valence-corrected chi connectivity index (χ1v) is 8.93. The molecule has 1 aromatic carbocycles. The van der Waals surface area contributed by atoms with Crippen LogP contribution in [0.1, 0.15) is 46.5 Å². The predicted octanol–water partition coefficient (Wildman–Crippen LogP) is 3.93. The van der Waals surface area contributed by atoms with Crippen molar-refractivity contribution >= 4 is 17.5 Å². The molecule has 3 aromatic rings. The minimum absolute atomic E-state index is 0.0922. The van der Waals surface area contributed by atoms with Crippen LogP contribution < -0.4 is 0 Å². The third-order valence-corrected chi connectivity index (χ3v) is 4.82. The fourth-order valence-electron chi connectivity index (χ4n) is 3.24. The number of aromatic nitrogens is 2. The molecule has 1 aliphatic rings. The molecular weight excluding hydrogens is 354 g/mol. The van der Waals surface area contributed by atoms with Gasteiger partial charge in [-0.1, -0.05) is 23.7 Å². The maximum atomic E-state index is 12.4. The van der Waals surface area contributed by atoms with Gasteiger partial charge in [-0.3, -0.25) is 4.79 Å². The number of hydrogen-bond acceptors (Lipinski definition) is 5. The molecule has 1 amide bonds. The van der Waals surface area contributed by atoms with Crippen LogP contribution in [-0.2, 0) is 6.42 Å². The Morgan fingerprint density at radius 1 is 1.27 bits per heavy atom. The second-order valence-electron chi connectivity index (χ2n) is 6.42. The molecule has 1 fully saturated rings. The molecule has 26 heavy (non-hydrogen) atoms. The summed E-state index contributed by atoms with van der Waals surface area (Å²) >= 11 is 5.92. The number of benzene rings is 1. The lowest BCUT2D eigenvalue weighted by molar-refractivity contribution is 0.0666. The Morgan fingerprint density at radius 2 is 2.12 bits per heavy atom. The van der Waals surface area contributed by atoms with E-state index in [1.165, 1.54) is 12.6 Å². The molecule has 1 saturated heterocycles. The van der Waals surface area contributed by atoms with Gasteiger partial charge in [-0.25, -0.2) is 9.97 Å². The number of carbonyl (C=O) groups is 1. The zero-order valence-corrected chi connectivity index (χ0v) is 14.9. The highest BCUT2D eigenvalue weighted by molar-refractivity contribution is 6.30. The summed E-state index contributed by atoms with van der Waals surface area (Å²) in [5.74, 6) is 1.71. The van der Waals surface area contributed by atoms with Crippen molar-refractivity contribution in [1.82, 2.24) is 14.9 Å². The zero-order chi connectivity index (χ0) is 17.9. The molecule has 6 nitrogen and oxygen atoms in total. The van der Waals surface area contributed by atoms with Crippen LogP contribution in [0.4, 0.5) is 0 Å². The molecule has 7 heteroatoms. The van der Waals surface area contributed by atoms with Crippen LogP contribution >= 0.6 is 11.6 Å². The number of likely N-dealkylation sites (tertiary alicyclic amines) is 1. The van der Waals surface area contributed by atoms with Crippen LogP contribution in [-0.4, -0.2) is 33.9 Å². The summed E-state index contributed by atoms with van der Waals surface area (Å²) in [7, 11) is 0. The topological polar surface area (TPSA) is 72.4 Å². The lowest BCUT2D eigenvalue weighted by Gasteiger charge is -2.30. The van der Waals surface area contributed by atoms with E-state index >= 15 is 0 Å². The molecule has 1 atom stereocenters. The van der Waals surface area contributed by atoms with Crippen LogP contribution in [0.5, 0.6) is 0 Å². The van der Waals surface area contributed by atoms with E-state index in [0.29, 0.717) is 30.4 Å². The molecule has 0 unspecified atom stereocenters. The first-order valence-electron chi connectivity index (χ1n) is 8.56. The maximum Gasteiger partial charge on any atom is 0.291 e. The van der Waals surface area contributed by atoms with Crippen molar-refractivity contribution in [2.24, 2.45) is 0 Å². The largest absolute Gasteiger partial charge is 0.445 e.